The van der Waals surface area contributed by atoms with Crippen LogP contribution in [0.15, 0.2) is 12.2 Å². The summed E-state index contributed by atoms with van der Waals surface area (Å²) in [6.07, 6.45) is 10.7. The second kappa shape index (κ2) is 4.51. The van der Waals surface area contributed by atoms with E-state index in [2.05, 4.69) is 12.2 Å². The van der Waals surface area contributed by atoms with Crippen LogP contribution in [0.5, 0.6) is 0 Å². The van der Waals surface area contributed by atoms with Crippen LogP contribution >= 0.6 is 0 Å². The van der Waals surface area contributed by atoms with Gasteiger partial charge >= 0.3 is 0 Å². The van der Waals surface area contributed by atoms with Gasteiger partial charge in [0.25, 0.3) is 0 Å². The highest BCUT2D eigenvalue weighted by atomic mass is 16.3. The van der Waals surface area contributed by atoms with Crippen molar-refractivity contribution in [2.75, 3.05) is 6.61 Å². The molecule has 0 aliphatic heterocycles. The number of rotatable bonds is 1. The molecule has 1 nitrogen and oxygen atoms in total. The first-order valence-corrected chi connectivity index (χ1v) is 4.21. The van der Waals surface area contributed by atoms with Crippen LogP contribution in [0.2, 0.25) is 0 Å². The molecule has 0 spiro atoms. The molecule has 1 rings (SSSR count). The highest BCUT2D eigenvalue weighted by molar-refractivity contribution is 4.89. The van der Waals surface area contributed by atoms with Crippen molar-refractivity contribution in [2.45, 2.75) is 32.1 Å². The van der Waals surface area contributed by atoms with Crippen LogP contribution in [0, 0.1) is 5.92 Å². The van der Waals surface area contributed by atoms with Crippen molar-refractivity contribution >= 4 is 0 Å². The van der Waals surface area contributed by atoms with E-state index in [0.29, 0.717) is 12.5 Å². The zero-order valence-corrected chi connectivity index (χ0v) is 6.42. The Morgan fingerprint density at radius 3 is 3.00 bits per heavy atom. The van der Waals surface area contributed by atoms with Crippen molar-refractivity contribution in [3.05, 3.63) is 12.2 Å². The van der Waals surface area contributed by atoms with E-state index in [4.69, 9.17) is 5.11 Å². The minimum atomic E-state index is 0.330. The summed E-state index contributed by atoms with van der Waals surface area (Å²) in [6, 6.07) is 0. The average Bonchev–Trinajstić information content (AvgIpc) is 1.87. The second-order valence-electron chi connectivity index (χ2n) is 3.01. The quantitative estimate of drug-likeness (QED) is 0.553. The molecule has 10 heavy (non-hydrogen) atoms. The maximum Gasteiger partial charge on any atom is 0.0493 e. The van der Waals surface area contributed by atoms with Gasteiger partial charge in [0.2, 0.25) is 0 Å². The summed E-state index contributed by atoms with van der Waals surface area (Å²) in [5, 5.41) is 8.86. The van der Waals surface area contributed by atoms with E-state index in [9.17, 15) is 0 Å². The Kier molecular flexibility index (Phi) is 3.52. The van der Waals surface area contributed by atoms with Gasteiger partial charge in [-0.3, -0.25) is 0 Å². The lowest BCUT2D eigenvalue weighted by Gasteiger charge is -2.11. The molecule has 1 aliphatic rings. The predicted octanol–water partition coefficient (Wildman–Crippen LogP) is 2.12. The molecule has 0 aromatic heterocycles. The Morgan fingerprint density at radius 2 is 2.20 bits per heavy atom. The van der Waals surface area contributed by atoms with Gasteiger partial charge in [-0.05, 0) is 25.2 Å². The Morgan fingerprint density at radius 1 is 1.30 bits per heavy atom. The highest BCUT2D eigenvalue weighted by Crippen LogP contribution is 2.15. The highest BCUT2D eigenvalue weighted by Gasteiger charge is 2.03. The first-order valence-electron chi connectivity index (χ1n) is 4.21. The standard InChI is InChI=1S/C9H16O/c10-8-9-6-4-2-1-3-5-7-9/h4,6,9-10H,1-3,5,7-8H2. The van der Waals surface area contributed by atoms with Crippen molar-refractivity contribution in [2.24, 2.45) is 5.92 Å². The molecule has 0 aromatic rings. The molecule has 0 bridgehead atoms. The fourth-order valence-corrected chi connectivity index (χ4v) is 1.38. The van der Waals surface area contributed by atoms with Crippen molar-refractivity contribution < 1.29 is 5.11 Å². The first-order chi connectivity index (χ1) is 4.93. The van der Waals surface area contributed by atoms with Gasteiger partial charge < -0.3 is 5.11 Å². The van der Waals surface area contributed by atoms with Gasteiger partial charge in [0.15, 0.2) is 0 Å². The van der Waals surface area contributed by atoms with Crippen molar-refractivity contribution in [1.82, 2.24) is 0 Å². The molecular formula is C9H16O. The number of aliphatic hydroxyl groups is 1. The summed E-state index contributed by atoms with van der Waals surface area (Å²) >= 11 is 0. The molecular weight excluding hydrogens is 124 g/mol. The Hall–Kier alpha value is -0.300. The maximum atomic E-state index is 8.86. The average molecular weight is 140 g/mol. The van der Waals surface area contributed by atoms with E-state index >= 15 is 0 Å². The molecule has 0 saturated heterocycles. The summed E-state index contributed by atoms with van der Waals surface area (Å²) in [4.78, 5) is 0. The summed E-state index contributed by atoms with van der Waals surface area (Å²) in [7, 11) is 0. The molecule has 0 aromatic carbocycles. The van der Waals surface area contributed by atoms with Gasteiger partial charge in [0.05, 0.1) is 0 Å². The van der Waals surface area contributed by atoms with Crippen molar-refractivity contribution in [3.63, 3.8) is 0 Å². The zero-order valence-electron chi connectivity index (χ0n) is 6.42. The smallest absolute Gasteiger partial charge is 0.0493 e. The molecule has 0 saturated carbocycles. The van der Waals surface area contributed by atoms with E-state index in [1.807, 2.05) is 0 Å². The third kappa shape index (κ3) is 2.53. The van der Waals surface area contributed by atoms with Gasteiger partial charge in [-0.1, -0.05) is 25.0 Å². The fourth-order valence-electron chi connectivity index (χ4n) is 1.38. The first kappa shape index (κ1) is 7.80. The molecule has 1 atom stereocenters. The largest absolute Gasteiger partial charge is 0.396 e. The van der Waals surface area contributed by atoms with Gasteiger partial charge in [-0.25, -0.2) is 0 Å². The molecule has 1 unspecified atom stereocenters. The summed E-state index contributed by atoms with van der Waals surface area (Å²) < 4.78 is 0. The van der Waals surface area contributed by atoms with Crippen LogP contribution in [0.25, 0.3) is 0 Å². The van der Waals surface area contributed by atoms with Crippen LogP contribution in [0.1, 0.15) is 32.1 Å². The lowest BCUT2D eigenvalue weighted by Crippen LogP contribution is -2.03. The van der Waals surface area contributed by atoms with Crippen LogP contribution in [0.3, 0.4) is 0 Å². The molecule has 0 fully saturated rings. The topological polar surface area (TPSA) is 20.2 Å². The number of hydrogen-bond donors (Lipinski definition) is 1. The van der Waals surface area contributed by atoms with E-state index < -0.39 is 0 Å². The number of aliphatic hydroxyl groups excluding tert-OH is 1. The molecule has 0 radical (unpaired) electrons. The number of allylic oxidation sites excluding steroid dienone is 1. The summed E-state index contributed by atoms with van der Waals surface area (Å²) in [6.45, 7) is 0.330. The van der Waals surface area contributed by atoms with Gasteiger partial charge in [0, 0.05) is 6.61 Å². The SMILES string of the molecule is OCC1C=CCCCCC1. The molecule has 58 valence electrons. The van der Waals surface area contributed by atoms with Crippen LogP contribution in [-0.2, 0) is 0 Å². The van der Waals surface area contributed by atoms with E-state index in [0.717, 1.165) is 0 Å². The maximum absolute atomic E-state index is 8.86. The Bertz CT molecular complexity index is 107. The van der Waals surface area contributed by atoms with Crippen molar-refractivity contribution in [1.29, 1.82) is 0 Å². The lowest BCUT2D eigenvalue weighted by atomic mass is 9.97. The van der Waals surface area contributed by atoms with Crippen LogP contribution in [0.4, 0.5) is 0 Å². The minimum absolute atomic E-state index is 0.330. The molecule has 1 aliphatic carbocycles. The zero-order chi connectivity index (χ0) is 7.23. The minimum Gasteiger partial charge on any atom is -0.396 e. The molecule has 0 heterocycles. The third-order valence-electron chi connectivity index (χ3n) is 2.09. The molecule has 1 heteroatoms. The number of hydrogen-bond acceptors (Lipinski definition) is 1. The normalized spacial score (nSPS) is 27.5. The molecule has 0 amide bonds. The van der Waals surface area contributed by atoms with Gasteiger partial charge in [-0.15, -0.1) is 0 Å². The van der Waals surface area contributed by atoms with Gasteiger partial charge in [-0.2, -0.15) is 0 Å². The van der Waals surface area contributed by atoms with E-state index in [1.54, 1.807) is 0 Å². The summed E-state index contributed by atoms with van der Waals surface area (Å²) in [5.41, 5.74) is 0. The fraction of sp³-hybridized carbons (Fsp3) is 0.778. The van der Waals surface area contributed by atoms with Crippen molar-refractivity contribution in [3.8, 4) is 0 Å². The molecule has 1 N–H and O–H groups in total. The van der Waals surface area contributed by atoms with E-state index in [1.165, 1.54) is 32.1 Å². The van der Waals surface area contributed by atoms with Crippen LogP contribution in [-0.4, -0.2) is 11.7 Å². The Labute approximate surface area is 62.8 Å². The second-order valence-corrected chi connectivity index (χ2v) is 3.01. The lowest BCUT2D eigenvalue weighted by molar-refractivity contribution is 0.242. The van der Waals surface area contributed by atoms with Crippen LogP contribution < -0.4 is 0 Å². The van der Waals surface area contributed by atoms with E-state index in [-0.39, 0.29) is 0 Å². The Balaban J connectivity index is 2.33. The third-order valence-corrected chi connectivity index (χ3v) is 2.09. The van der Waals surface area contributed by atoms with Gasteiger partial charge in [0.1, 0.15) is 0 Å². The summed E-state index contributed by atoms with van der Waals surface area (Å²) in [5.74, 6) is 0.445. The predicted molar refractivity (Wildman–Crippen MR) is 42.8 cm³/mol. The monoisotopic (exact) mass is 140 g/mol.